The minimum absolute atomic E-state index is 0.00527. The molecule has 0 saturated heterocycles. The SMILES string of the molecule is COC1CC(S(=O)(=O)c2ccc(-c3cnccn3)cc2C(F)(F)F)C[C@H]1C(=O)NC1(C#[N+]CO[C@H]2C[C@@H](S(=O)(=O)c3ccc(-c4cnccn4)cc3C(F)(F)F)C[C@@H]2C(=O)NC2(C#N)CC2)CC1. The molecule has 2 heterocycles. The van der Waals surface area contributed by atoms with Crippen LogP contribution in [0.2, 0.25) is 0 Å². The summed E-state index contributed by atoms with van der Waals surface area (Å²) in [5.41, 5.74) is -5.03. The van der Waals surface area contributed by atoms with Crippen LogP contribution in [0, 0.1) is 29.2 Å². The van der Waals surface area contributed by atoms with E-state index in [1.54, 1.807) is 0 Å². The fourth-order valence-corrected chi connectivity index (χ4v) is 12.7. The van der Waals surface area contributed by atoms with E-state index in [1.165, 1.54) is 56.4 Å². The van der Waals surface area contributed by atoms with E-state index in [-0.39, 0.29) is 35.4 Å². The predicted molar refractivity (Wildman–Crippen MR) is 226 cm³/mol. The molecule has 0 aliphatic heterocycles. The number of methoxy groups -OCH3 is 1. The fraction of sp³-hybridized carbons (Fsp3) is 0.455. The number of carbonyl (C=O) groups is 2. The highest BCUT2D eigenvalue weighted by Crippen LogP contribution is 2.45. The fourth-order valence-electron chi connectivity index (χ4n) is 8.74. The number of nitriles is 1. The van der Waals surface area contributed by atoms with Gasteiger partial charge in [0.2, 0.25) is 11.8 Å². The second-order valence-electron chi connectivity index (χ2n) is 17.2. The number of nitrogens with zero attached hydrogens (tertiary/aromatic N) is 6. The molecule has 68 heavy (non-hydrogen) atoms. The zero-order chi connectivity index (χ0) is 48.9. The Labute approximate surface area is 385 Å². The molecule has 2 aromatic heterocycles. The lowest BCUT2D eigenvalue weighted by atomic mass is 10.0. The molecular formula is C44H41F6N8O8S2+. The topological polar surface area (TPSA) is 225 Å². The van der Waals surface area contributed by atoms with Gasteiger partial charge in [-0.1, -0.05) is 12.1 Å². The molecular weight excluding hydrogens is 947 g/mol. The molecule has 2 unspecified atom stereocenters. The molecule has 0 spiro atoms. The number of sulfone groups is 2. The zero-order valence-electron chi connectivity index (χ0n) is 35.8. The molecule has 0 bridgehead atoms. The quantitative estimate of drug-likeness (QED) is 0.148. The van der Waals surface area contributed by atoms with Gasteiger partial charge in [-0.3, -0.25) is 29.5 Å². The van der Waals surface area contributed by atoms with Crippen molar-refractivity contribution in [2.45, 2.75) is 107 Å². The van der Waals surface area contributed by atoms with Gasteiger partial charge in [-0.05, 0) is 80.5 Å². The lowest BCUT2D eigenvalue weighted by Gasteiger charge is -2.19. The third-order valence-corrected chi connectivity index (χ3v) is 17.2. The number of carbonyl (C=O) groups excluding carboxylic acids is 2. The van der Waals surface area contributed by atoms with Gasteiger partial charge in [-0.15, -0.1) is 0 Å². The van der Waals surface area contributed by atoms with Gasteiger partial charge in [0.25, 0.3) is 0 Å². The number of halogens is 6. The van der Waals surface area contributed by atoms with Crippen LogP contribution in [0.5, 0.6) is 0 Å². The van der Waals surface area contributed by atoms with Crippen LogP contribution < -0.4 is 10.6 Å². The summed E-state index contributed by atoms with van der Waals surface area (Å²) in [5.74, 6) is -3.72. The molecule has 4 aliphatic rings. The van der Waals surface area contributed by atoms with E-state index in [0.29, 0.717) is 37.8 Å². The number of amides is 2. The monoisotopic (exact) mass is 987 g/mol. The molecule has 2 N–H and O–H groups in total. The largest absolute Gasteiger partial charge is 0.417 e. The summed E-state index contributed by atoms with van der Waals surface area (Å²) in [6.45, 7) is -0.537. The first-order chi connectivity index (χ1) is 32.1. The Kier molecular flexibility index (Phi) is 12.9. The van der Waals surface area contributed by atoms with Gasteiger partial charge in [0, 0.05) is 43.0 Å². The van der Waals surface area contributed by atoms with Crippen LogP contribution in [0.3, 0.4) is 0 Å². The molecule has 4 aliphatic carbocycles. The minimum Gasteiger partial charge on any atom is -0.381 e. The normalized spacial score (nSPS) is 24.0. The minimum atomic E-state index is -5.11. The Morgan fingerprint density at radius 3 is 1.59 bits per heavy atom. The lowest BCUT2D eigenvalue weighted by Crippen LogP contribution is -2.42. The number of rotatable bonds is 13. The molecule has 4 fully saturated rings. The average molecular weight is 988 g/mol. The van der Waals surface area contributed by atoms with Crippen molar-refractivity contribution in [1.29, 1.82) is 5.26 Å². The van der Waals surface area contributed by atoms with E-state index in [0.717, 1.165) is 12.1 Å². The number of nitrogens with one attached hydrogen (secondary N) is 2. The Hall–Kier alpha value is -6.08. The Morgan fingerprint density at radius 1 is 0.721 bits per heavy atom. The first-order valence-corrected chi connectivity index (χ1v) is 24.3. The molecule has 0 radical (unpaired) electrons. The highest BCUT2D eigenvalue weighted by atomic mass is 32.2. The first-order valence-electron chi connectivity index (χ1n) is 21.2. The molecule has 358 valence electrons. The van der Waals surface area contributed by atoms with Crippen molar-refractivity contribution in [3.8, 4) is 34.7 Å². The third-order valence-electron chi connectivity index (χ3n) is 12.8. The lowest BCUT2D eigenvalue weighted by molar-refractivity contribution is -0.140. The Balaban J connectivity index is 0.960. The van der Waals surface area contributed by atoms with Crippen molar-refractivity contribution in [2.24, 2.45) is 11.8 Å². The van der Waals surface area contributed by atoms with Gasteiger partial charge >= 0.3 is 25.2 Å². The van der Waals surface area contributed by atoms with Crippen molar-refractivity contribution < 1.29 is 62.2 Å². The second-order valence-corrected chi connectivity index (χ2v) is 21.6. The van der Waals surface area contributed by atoms with E-state index in [4.69, 9.17) is 9.47 Å². The molecule has 16 nitrogen and oxygen atoms in total. The number of aromatic nitrogens is 4. The summed E-state index contributed by atoms with van der Waals surface area (Å²) in [7, 11) is -8.22. The van der Waals surface area contributed by atoms with Gasteiger partial charge < -0.3 is 20.1 Å². The standard InChI is InChI=1S/C44H40F6N8O8S2/c1-65-35-18-27(67(61,62)37-4-2-25(14-31(37)43(45,46)47)33-20-52-10-12-55-33)16-29(35)39(59)58-42(8-9-42)23-54-24-66-36-19-28(17-30(36)40(60)57-41(22-51)6-7-41)68(63,64)38-5-3-26(15-32(38)44(48,49)50)34-21-53-11-13-56-34/h2-5,10-15,20-21,27-30,35-36H,6-9,16-19,24H2,1H3,(H-,57,58,59,60)/p+1/t27?,28-,29+,30-,35?,36-/m0/s1. The van der Waals surface area contributed by atoms with E-state index in [2.05, 4.69) is 41.5 Å². The second kappa shape index (κ2) is 18.1. The van der Waals surface area contributed by atoms with E-state index in [9.17, 15) is 58.0 Å². The highest BCUT2D eigenvalue weighted by molar-refractivity contribution is 7.92. The number of benzene rings is 2. The molecule has 2 amide bonds. The molecule has 4 saturated carbocycles. The number of hydrogen-bond donors (Lipinski definition) is 2. The van der Waals surface area contributed by atoms with Crippen molar-refractivity contribution in [2.75, 3.05) is 13.8 Å². The molecule has 24 heteroatoms. The van der Waals surface area contributed by atoms with E-state index in [1.807, 2.05) is 6.07 Å². The third kappa shape index (κ3) is 9.90. The van der Waals surface area contributed by atoms with Crippen LogP contribution in [-0.4, -0.2) is 96.2 Å². The predicted octanol–water partition coefficient (Wildman–Crippen LogP) is 5.95. The molecule has 6 atom stereocenters. The maximum atomic E-state index is 14.5. The van der Waals surface area contributed by atoms with Crippen molar-refractivity contribution in [1.82, 2.24) is 30.6 Å². The summed E-state index contributed by atoms with van der Waals surface area (Å²) in [6.07, 6.45) is -4.89. The number of ether oxygens (including phenoxy) is 2. The highest BCUT2D eigenvalue weighted by Gasteiger charge is 2.54. The summed E-state index contributed by atoms with van der Waals surface area (Å²) in [5, 5.41) is 12.1. The number of alkyl halides is 6. The van der Waals surface area contributed by atoms with Crippen LogP contribution in [0.1, 0.15) is 62.5 Å². The van der Waals surface area contributed by atoms with E-state index < -0.39 is 130 Å². The van der Waals surface area contributed by atoms with Crippen LogP contribution in [0.25, 0.3) is 27.4 Å². The molecule has 8 rings (SSSR count). The van der Waals surface area contributed by atoms with Crippen molar-refractivity contribution in [3.63, 3.8) is 0 Å². The van der Waals surface area contributed by atoms with Crippen molar-refractivity contribution >= 4 is 31.5 Å². The maximum Gasteiger partial charge on any atom is 0.417 e. The summed E-state index contributed by atoms with van der Waals surface area (Å²) in [6, 6.07) is 10.2. The number of hydrogen-bond acceptors (Lipinski definition) is 13. The summed E-state index contributed by atoms with van der Waals surface area (Å²) in [4.78, 5) is 45.2. The van der Waals surface area contributed by atoms with Crippen LogP contribution in [-0.2, 0) is 51.1 Å². The van der Waals surface area contributed by atoms with E-state index >= 15 is 0 Å². The van der Waals surface area contributed by atoms with Crippen molar-refractivity contribution in [3.05, 3.63) is 89.6 Å². The van der Waals surface area contributed by atoms with Gasteiger partial charge in [-0.2, -0.15) is 31.6 Å². The van der Waals surface area contributed by atoms with Gasteiger partial charge in [0.1, 0.15) is 5.54 Å². The van der Waals surface area contributed by atoms with Gasteiger partial charge in [0.05, 0.1) is 85.3 Å². The summed E-state index contributed by atoms with van der Waals surface area (Å²) >= 11 is 0. The Morgan fingerprint density at radius 2 is 1.18 bits per heavy atom. The smallest absolute Gasteiger partial charge is 0.381 e. The molecule has 2 aromatic carbocycles. The van der Waals surface area contributed by atoms with Crippen LogP contribution in [0.15, 0.2) is 83.4 Å². The Bertz CT molecular complexity index is 2940. The van der Waals surface area contributed by atoms with Gasteiger partial charge in [-0.25, -0.2) is 16.8 Å². The average Bonchev–Trinajstić information content (AvgIpc) is 4.16. The molecule has 4 aromatic rings. The maximum absolute atomic E-state index is 14.5. The van der Waals surface area contributed by atoms with Crippen LogP contribution in [0.4, 0.5) is 26.3 Å². The summed E-state index contributed by atoms with van der Waals surface area (Å²) < 4.78 is 154. The first kappa shape index (κ1) is 48.4. The van der Waals surface area contributed by atoms with Crippen LogP contribution >= 0.6 is 0 Å². The van der Waals surface area contributed by atoms with Gasteiger partial charge in [0.15, 0.2) is 25.2 Å². The zero-order valence-corrected chi connectivity index (χ0v) is 37.4.